The number of aromatic nitrogens is 1. The predicted octanol–water partition coefficient (Wildman–Crippen LogP) is 3.71. The third-order valence-electron chi connectivity index (χ3n) is 2.93. The van der Waals surface area contributed by atoms with Gasteiger partial charge >= 0.3 is 18.1 Å². The molecule has 2 N–H and O–H groups in total. The van der Waals surface area contributed by atoms with E-state index in [0.717, 1.165) is 11.6 Å². The van der Waals surface area contributed by atoms with E-state index in [9.17, 15) is 22.8 Å². The van der Waals surface area contributed by atoms with E-state index < -0.39 is 18.1 Å². The maximum Gasteiger partial charge on any atom is 0.490 e. The van der Waals surface area contributed by atoms with Crippen LogP contribution in [0, 0.1) is 0 Å². The van der Waals surface area contributed by atoms with Crippen molar-refractivity contribution in [1.82, 2.24) is 4.98 Å². The molecule has 6 nitrogen and oxygen atoms in total. The SMILES string of the molecule is O=C(O)/C=C/c1ccc(/C=C/C(=O)c2ccccc2)cn1.O=C(O)C(F)(F)F. The second-order valence-corrected chi connectivity index (χ2v) is 5.05. The standard InChI is InChI=1S/C17H13NO3.C2HF3O2/c19-16(14-4-2-1-3-5-14)10-7-13-6-8-15(18-12-13)9-11-17(20)21;3-2(4,5)1(6)7/h1-12H,(H,20,21);(H,6,7)/b10-7+,11-9+;. The molecule has 0 spiro atoms. The first kappa shape index (κ1) is 22.3. The van der Waals surface area contributed by atoms with Crippen LogP contribution in [0.5, 0.6) is 0 Å². The van der Waals surface area contributed by atoms with Gasteiger partial charge in [-0.15, -0.1) is 0 Å². The Hall–Kier alpha value is -3.75. The summed E-state index contributed by atoms with van der Waals surface area (Å²) >= 11 is 0. The van der Waals surface area contributed by atoms with Gasteiger partial charge in [-0.1, -0.05) is 36.4 Å². The van der Waals surface area contributed by atoms with Crippen LogP contribution in [0.25, 0.3) is 12.2 Å². The summed E-state index contributed by atoms with van der Waals surface area (Å²) in [6, 6.07) is 12.4. The molecule has 2 aromatic rings. The fourth-order valence-electron chi connectivity index (χ4n) is 1.64. The zero-order valence-corrected chi connectivity index (χ0v) is 14.1. The van der Waals surface area contributed by atoms with E-state index in [4.69, 9.17) is 15.0 Å². The van der Waals surface area contributed by atoms with Gasteiger partial charge in [0.2, 0.25) is 0 Å². The zero-order valence-electron chi connectivity index (χ0n) is 14.1. The third-order valence-corrected chi connectivity index (χ3v) is 2.93. The van der Waals surface area contributed by atoms with Gasteiger partial charge < -0.3 is 10.2 Å². The normalized spacial score (nSPS) is 11.1. The number of hydrogen-bond donors (Lipinski definition) is 2. The summed E-state index contributed by atoms with van der Waals surface area (Å²) < 4.78 is 31.7. The Morgan fingerprint density at radius 2 is 1.50 bits per heavy atom. The van der Waals surface area contributed by atoms with Gasteiger partial charge in [0.1, 0.15) is 0 Å². The molecule has 28 heavy (non-hydrogen) atoms. The molecular formula is C19H14F3NO5. The minimum Gasteiger partial charge on any atom is -0.478 e. The van der Waals surface area contributed by atoms with Crippen LogP contribution in [0.15, 0.2) is 60.8 Å². The van der Waals surface area contributed by atoms with Crippen LogP contribution in [0.4, 0.5) is 13.2 Å². The number of halogens is 3. The lowest BCUT2D eigenvalue weighted by Crippen LogP contribution is -2.21. The highest BCUT2D eigenvalue weighted by Crippen LogP contribution is 2.13. The lowest BCUT2D eigenvalue weighted by molar-refractivity contribution is -0.192. The Balaban J connectivity index is 0.000000480. The quantitative estimate of drug-likeness (QED) is 0.593. The molecule has 0 aliphatic rings. The lowest BCUT2D eigenvalue weighted by atomic mass is 10.1. The average Bonchev–Trinajstić information content (AvgIpc) is 2.65. The number of benzene rings is 1. The second kappa shape index (κ2) is 10.4. The fraction of sp³-hybridized carbons (Fsp3) is 0.0526. The average molecular weight is 393 g/mol. The van der Waals surface area contributed by atoms with E-state index in [2.05, 4.69) is 4.98 Å². The predicted molar refractivity (Wildman–Crippen MR) is 94.4 cm³/mol. The van der Waals surface area contributed by atoms with Crippen molar-refractivity contribution < 1.29 is 37.8 Å². The number of allylic oxidation sites excluding steroid dienone is 1. The van der Waals surface area contributed by atoms with Crippen LogP contribution in [0.2, 0.25) is 0 Å². The van der Waals surface area contributed by atoms with Crippen LogP contribution in [-0.4, -0.2) is 39.1 Å². The molecule has 1 aromatic heterocycles. The van der Waals surface area contributed by atoms with E-state index in [1.165, 1.54) is 12.2 Å². The van der Waals surface area contributed by atoms with E-state index >= 15 is 0 Å². The van der Waals surface area contributed by atoms with Crippen molar-refractivity contribution in [2.24, 2.45) is 0 Å². The number of ketones is 1. The van der Waals surface area contributed by atoms with Crippen molar-refractivity contribution in [2.75, 3.05) is 0 Å². The van der Waals surface area contributed by atoms with Gasteiger partial charge in [-0.25, -0.2) is 9.59 Å². The largest absolute Gasteiger partial charge is 0.490 e. The van der Waals surface area contributed by atoms with Crippen molar-refractivity contribution in [3.63, 3.8) is 0 Å². The molecule has 0 amide bonds. The molecule has 9 heteroatoms. The second-order valence-electron chi connectivity index (χ2n) is 5.05. The van der Waals surface area contributed by atoms with E-state index in [1.54, 1.807) is 36.5 Å². The van der Waals surface area contributed by atoms with Crippen LogP contribution in [-0.2, 0) is 9.59 Å². The molecule has 0 radical (unpaired) electrons. The highest BCUT2D eigenvalue weighted by atomic mass is 19.4. The van der Waals surface area contributed by atoms with Crippen molar-refractivity contribution in [3.05, 3.63) is 77.6 Å². The van der Waals surface area contributed by atoms with Gasteiger partial charge in [0.25, 0.3) is 0 Å². The molecule has 0 atom stereocenters. The summed E-state index contributed by atoms with van der Waals surface area (Å²) in [7, 11) is 0. The van der Waals surface area contributed by atoms with Crippen molar-refractivity contribution >= 4 is 29.9 Å². The minimum absolute atomic E-state index is 0.0783. The minimum atomic E-state index is -5.08. The molecule has 2 rings (SSSR count). The van der Waals surface area contributed by atoms with Crippen LogP contribution in [0.3, 0.4) is 0 Å². The molecular weight excluding hydrogens is 379 g/mol. The van der Waals surface area contributed by atoms with E-state index in [0.29, 0.717) is 11.3 Å². The van der Waals surface area contributed by atoms with Gasteiger partial charge in [0.15, 0.2) is 5.78 Å². The number of carbonyl (C=O) groups excluding carboxylic acids is 1. The van der Waals surface area contributed by atoms with Crippen LogP contribution in [0.1, 0.15) is 21.6 Å². The molecule has 146 valence electrons. The van der Waals surface area contributed by atoms with Crippen LogP contribution < -0.4 is 0 Å². The summed E-state index contributed by atoms with van der Waals surface area (Å²) in [6.07, 6.45) is 2.09. The monoisotopic (exact) mass is 393 g/mol. The number of carbonyl (C=O) groups is 3. The summed E-state index contributed by atoms with van der Waals surface area (Å²) in [5, 5.41) is 15.6. The van der Waals surface area contributed by atoms with Crippen molar-refractivity contribution in [3.8, 4) is 0 Å². The number of carboxylic acids is 2. The Morgan fingerprint density at radius 3 is 1.96 bits per heavy atom. The molecule has 0 aliphatic carbocycles. The molecule has 0 aliphatic heterocycles. The Kier molecular flexibility index (Phi) is 8.29. The molecule has 1 aromatic carbocycles. The Labute approximate surface area is 157 Å². The summed E-state index contributed by atoms with van der Waals surface area (Å²) in [6.45, 7) is 0. The molecule has 0 fully saturated rings. The smallest absolute Gasteiger partial charge is 0.478 e. The molecule has 0 saturated heterocycles. The van der Waals surface area contributed by atoms with Gasteiger partial charge in [-0.2, -0.15) is 13.2 Å². The van der Waals surface area contributed by atoms with Crippen LogP contribution >= 0.6 is 0 Å². The zero-order chi connectivity index (χ0) is 21.2. The topological polar surface area (TPSA) is 105 Å². The first-order valence-electron chi connectivity index (χ1n) is 7.54. The first-order chi connectivity index (χ1) is 13.1. The Morgan fingerprint density at radius 1 is 0.893 bits per heavy atom. The van der Waals surface area contributed by atoms with Gasteiger partial charge in [-0.3, -0.25) is 9.78 Å². The number of aliphatic carboxylic acids is 2. The summed E-state index contributed by atoms with van der Waals surface area (Å²) in [4.78, 5) is 35.3. The number of hydrogen-bond acceptors (Lipinski definition) is 4. The maximum atomic E-state index is 11.9. The molecule has 1 heterocycles. The number of alkyl halides is 3. The number of carboxylic acid groups (broad SMARTS) is 2. The van der Waals surface area contributed by atoms with E-state index in [-0.39, 0.29) is 5.78 Å². The van der Waals surface area contributed by atoms with Crippen molar-refractivity contribution in [2.45, 2.75) is 6.18 Å². The Bertz CT molecular complexity index is 873. The first-order valence-corrected chi connectivity index (χ1v) is 7.54. The summed E-state index contributed by atoms with van der Waals surface area (Å²) in [5.41, 5.74) is 1.94. The van der Waals surface area contributed by atoms with Gasteiger partial charge in [0.05, 0.1) is 5.69 Å². The van der Waals surface area contributed by atoms with Gasteiger partial charge in [0, 0.05) is 17.8 Å². The highest BCUT2D eigenvalue weighted by molar-refractivity contribution is 6.06. The lowest BCUT2D eigenvalue weighted by Gasteiger charge is -1.96. The fourth-order valence-corrected chi connectivity index (χ4v) is 1.64. The maximum absolute atomic E-state index is 11.9. The number of rotatable bonds is 5. The molecule has 0 unspecified atom stereocenters. The molecule has 0 bridgehead atoms. The molecule has 0 saturated carbocycles. The van der Waals surface area contributed by atoms with Gasteiger partial charge in [-0.05, 0) is 29.9 Å². The van der Waals surface area contributed by atoms with Crippen molar-refractivity contribution in [1.29, 1.82) is 0 Å². The summed E-state index contributed by atoms with van der Waals surface area (Å²) in [5.74, 6) is -3.85. The third kappa shape index (κ3) is 8.56. The highest BCUT2D eigenvalue weighted by Gasteiger charge is 2.38. The number of nitrogens with zero attached hydrogens (tertiary/aromatic N) is 1. The number of pyridine rings is 1. The van der Waals surface area contributed by atoms with E-state index in [1.807, 2.05) is 18.2 Å².